The molecule has 4 aromatic rings. The highest BCUT2D eigenvalue weighted by atomic mass is 32.1. The topological polar surface area (TPSA) is 116 Å². The van der Waals surface area contributed by atoms with Gasteiger partial charge in [-0.1, -0.05) is 0 Å². The molecule has 0 spiro atoms. The van der Waals surface area contributed by atoms with Crippen LogP contribution in [0.5, 0.6) is 0 Å². The Morgan fingerprint density at radius 3 is 2.63 bits per heavy atom. The number of hydrogen-bond donors (Lipinski definition) is 2. The molecule has 2 amide bonds. The summed E-state index contributed by atoms with van der Waals surface area (Å²) in [7, 11) is 1.54. The van der Waals surface area contributed by atoms with E-state index in [1.807, 2.05) is 0 Å². The van der Waals surface area contributed by atoms with Crippen molar-refractivity contribution in [3.63, 3.8) is 0 Å². The maximum Gasteiger partial charge on any atom is 0.433 e. The number of carbonyl (C=O) groups is 2. The summed E-state index contributed by atoms with van der Waals surface area (Å²) in [5.74, 6) is -1.43. The second-order valence-corrected chi connectivity index (χ2v) is 7.17. The first-order valence-corrected chi connectivity index (χ1v) is 9.16. The number of nitrogens with two attached hydrogens (primary N) is 1. The number of aryl methyl sites for hydroxylation is 1. The third-order valence-corrected chi connectivity index (χ3v) is 5.35. The lowest BCUT2D eigenvalue weighted by atomic mass is 10.1. The molecule has 30 heavy (non-hydrogen) atoms. The maximum atomic E-state index is 13.4. The van der Waals surface area contributed by atoms with E-state index in [0.717, 1.165) is 6.07 Å². The first-order valence-electron chi connectivity index (χ1n) is 8.34. The van der Waals surface area contributed by atoms with Gasteiger partial charge in [0.2, 0.25) is 0 Å². The summed E-state index contributed by atoms with van der Waals surface area (Å²) in [6.45, 7) is 0. The molecule has 4 rings (SSSR count). The van der Waals surface area contributed by atoms with Crippen LogP contribution in [-0.2, 0) is 13.2 Å². The molecule has 0 aliphatic carbocycles. The van der Waals surface area contributed by atoms with Crippen molar-refractivity contribution in [1.29, 1.82) is 0 Å². The van der Waals surface area contributed by atoms with Gasteiger partial charge in [0.25, 0.3) is 11.8 Å². The molecule has 0 radical (unpaired) electrons. The summed E-state index contributed by atoms with van der Waals surface area (Å²) in [4.78, 5) is 28.1. The predicted octanol–water partition coefficient (Wildman–Crippen LogP) is 3.66. The molecule has 4 heterocycles. The summed E-state index contributed by atoms with van der Waals surface area (Å²) in [6, 6.07) is 5.22. The number of nitrogens with zero attached hydrogens (tertiary/aromatic N) is 3. The van der Waals surface area contributed by atoms with Crippen LogP contribution in [0.1, 0.15) is 25.9 Å². The zero-order valence-electron chi connectivity index (χ0n) is 15.1. The van der Waals surface area contributed by atoms with Crippen molar-refractivity contribution in [1.82, 2.24) is 14.8 Å². The Hall–Kier alpha value is -3.67. The number of rotatable bonds is 4. The van der Waals surface area contributed by atoms with Gasteiger partial charge in [-0.3, -0.25) is 14.3 Å². The van der Waals surface area contributed by atoms with Gasteiger partial charge < -0.3 is 15.5 Å². The summed E-state index contributed by atoms with van der Waals surface area (Å²) >= 11 is 0.653. The molecule has 154 valence electrons. The molecule has 0 saturated carbocycles. The van der Waals surface area contributed by atoms with Gasteiger partial charge in [-0.05, 0) is 24.3 Å². The Kier molecular flexibility index (Phi) is 4.57. The van der Waals surface area contributed by atoms with Gasteiger partial charge in [-0.2, -0.15) is 18.3 Å². The molecule has 0 atom stereocenters. The van der Waals surface area contributed by atoms with E-state index < -0.39 is 23.7 Å². The zero-order chi connectivity index (χ0) is 21.6. The number of anilines is 1. The average Bonchev–Trinajstić information content (AvgIpc) is 3.40. The van der Waals surface area contributed by atoms with Crippen LogP contribution < -0.4 is 11.1 Å². The van der Waals surface area contributed by atoms with Crippen molar-refractivity contribution in [2.45, 2.75) is 6.18 Å². The van der Waals surface area contributed by atoms with Crippen molar-refractivity contribution in [3.05, 3.63) is 53.0 Å². The van der Waals surface area contributed by atoms with Crippen molar-refractivity contribution in [3.8, 4) is 11.3 Å². The molecule has 0 aromatic carbocycles. The van der Waals surface area contributed by atoms with Crippen molar-refractivity contribution in [2.24, 2.45) is 12.8 Å². The number of furan rings is 1. The second-order valence-electron chi connectivity index (χ2n) is 6.17. The minimum Gasteiger partial charge on any atom is -0.464 e. The quantitative estimate of drug-likeness (QED) is 0.508. The van der Waals surface area contributed by atoms with Gasteiger partial charge in [0.05, 0.1) is 12.0 Å². The van der Waals surface area contributed by atoms with Gasteiger partial charge in [-0.25, -0.2) is 4.98 Å². The highest BCUT2D eigenvalue weighted by Crippen LogP contribution is 2.43. The fraction of sp³-hybridized carbons (Fsp3) is 0.111. The molecule has 4 aromatic heterocycles. The molecule has 0 bridgehead atoms. The Morgan fingerprint density at radius 1 is 1.30 bits per heavy atom. The average molecular weight is 435 g/mol. The fourth-order valence-electron chi connectivity index (χ4n) is 2.94. The molecule has 0 fully saturated rings. The van der Waals surface area contributed by atoms with Crippen LogP contribution in [0, 0.1) is 0 Å². The van der Waals surface area contributed by atoms with E-state index in [1.165, 1.54) is 35.3 Å². The highest BCUT2D eigenvalue weighted by Gasteiger charge is 2.35. The number of alkyl halides is 3. The van der Waals surface area contributed by atoms with Crippen LogP contribution in [0.3, 0.4) is 0 Å². The number of pyridine rings is 1. The van der Waals surface area contributed by atoms with Gasteiger partial charge in [0.15, 0.2) is 0 Å². The number of carbonyl (C=O) groups excluding carboxylic acids is 2. The number of nitrogens with one attached hydrogen (secondary N) is 1. The molecule has 12 heteroatoms. The molecule has 0 aliphatic heterocycles. The summed E-state index contributed by atoms with van der Waals surface area (Å²) in [5, 5.41) is 6.58. The van der Waals surface area contributed by atoms with Gasteiger partial charge >= 0.3 is 6.18 Å². The summed E-state index contributed by atoms with van der Waals surface area (Å²) < 4.78 is 46.7. The normalized spacial score (nSPS) is 11.7. The minimum atomic E-state index is -4.73. The third-order valence-electron chi connectivity index (χ3n) is 4.26. The molecule has 3 N–H and O–H groups in total. The number of hydrogen-bond acceptors (Lipinski definition) is 6. The lowest BCUT2D eigenvalue weighted by Gasteiger charge is -2.11. The first kappa shape index (κ1) is 19.6. The third kappa shape index (κ3) is 3.30. The number of aromatic nitrogens is 3. The lowest BCUT2D eigenvalue weighted by molar-refractivity contribution is -0.140. The number of amides is 2. The van der Waals surface area contributed by atoms with E-state index in [2.05, 4.69) is 15.4 Å². The largest absolute Gasteiger partial charge is 0.464 e. The standard InChI is InChI=1S/C18H12F3N5O3S/c1-26-9(4-5-23-26)16(28)25-13-12-8(10-3-2-6-29-10)7-11(18(19,20)21)24-17(12)30-14(13)15(22)27/h2-7H,1H3,(H2,22,27)(H,25,28). The van der Waals surface area contributed by atoms with Crippen LogP contribution >= 0.6 is 11.3 Å². The first-order chi connectivity index (χ1) is 14.2. The van der Waals surface area contributed by atoms with Crippen LogP contribution in [-0.4, -0.2) is 26.6 Å². The van der Waals surface area contributed by atoms with Gasteiger partial charge in [0, 0.05) is 24.2 Å². The van der Waals surface area contributed by atoms with E-state index in [1.54, 1.807) is 7.05 Å². The zero-order valence-corrected chi connectivity index (χ0v) is 16.0. The van der Waals surface area contributed by atoms with E-state index in [0.29, 0.717) is 11.3 Å². The van der Waals surface area contributed by atoms with E-state index >= 15 is 0 Å². The maximum absolute atomic E-state index is 13.4. The monoisotopic (exact) mass is 435 g/mol. The minimum absolute atomic E-state index is 0.0152. The lowest BCUT2D eigenvalue weighted by Crippen LogP contribution is -2.19. The van der Waals surface area contributed by atoms with Crippen LogP contribution in [0.15, 0.2) is 41.1 Å². The highest BCUT2D eigenvalue weighted by molar-refractivity contribution is 7.21. The van der Waals surface area contributed by atoms with Crippen molar-refractivity contribution < 1.29 is 27.2 Å². The van der Waals surface area contributed by atoms with Gasteiger partial charge in [-0.15, -0.1) is 11.3 Å². The number of fused-ring (bicyclic) bond motifs is 1. The van der Waals surface area contributed by atoms with Gasteiger partial charge in [0.1, 0.15) is 26.9 Å². The molecule has 0 unspecified atom stereocenters. The Balaban J connectivity index is 1.99. The Morgan fingerprint density at radius 2 is 2.07 bits per heavy atom. The number of halogens is 3. The smallest absolute Gasteiger partial charge is 0.433 e. The molecule has 8 nitrogen and oxygen atoms in total. The van der Waals surface area contributed by atoms with Crippen LogP contribution in [0.4, 0.5) is 18.9 Å². The Bertz CT molecular complexity index is 1270. The van der Waals surface area contributed by atoms with Crippen molar-refractivity contribution in [2.75, 3.05) is 5.32 Å². The summed E-state index contributed by atoms with van der Waals surface area (Å²) in [5.41, 5.74) is 4.41. The molecular weight excluding hydrogens is 423 g/mol. The Labute approximate surface area is 170 Å². The number of thiophene rings is 1. The summed E-state index contributed by atoms with van der Waals surface area (Å²) in [6.07, 6.45) is -2.03. The molecular formula is C18H12F3N5O3S. The second kappa shape index (κ2) is 6.99. The van der Waals surface area contributed by atoms with E-state index in [4.69, 9.17) is 10.2 Å². The van der Waals surface area contributed by atoms with Crippen LogP contribution in [0.2, 0.25) is 0 Å². The fourth-order valence-corrected chi connectivity index (χ4v) is 3.94. The van der Waals surface area contributed by atoms with E-state index in [9.17, 15) is 22.8 Å². The van der Waals surface area contributed by atoms with Crippen LogP contribution in [0.25, 0.3) is 21.5 Å². The van der Waals surface area contributed by atoms with E-state index in [-0.39, 0.29) is 37.8 Å². The SMILES string of the molecule is Cn1nccc1C(=O)Nc1c(C(N)=O)sc2nc(C(F)(F)F)cc(-c3ccco3)c12. The van der Waals surface area contributed by atoms with Crippen molar-refractivity contribution >= 4 is 39.1 Å². The molecule has 0 aliphatic rings. The predicted molar refractivity (Wildman–Crippen MR) is 102 cm³/mol. The number of primary amides is 1. The molecule has 0 saturated heterocycles.